The smallest absolute Gasteiger partial charge is 0.140 e. The third kappa shape index (κ3) is 6.89. The monoisotopic (exact) mass is 486 g/mol. The van der Waals surface area contributed by atoms with Gasteiger partial charge in [-0.3, -0.25) is 4.79 Å². The first-order valence-electron chi connectivity index (χ1n) is 11.7. The van der Waals surface area contributed by atoms with Gasteiger partial charge in [-0.15, -0.1) is 26.3 Å². The number of rotatable bonds is 14. The van der Waals surface area contributed by atoms with E-state index in [2.05, 4.69) is 26.3 Å². The molecule has 0 fully saturated rings. The fraction of sp³-hybridized carbons (Fsp3) is 0.194. The Morgan fingerprint density at radius 2 is 1.00 bits per heavy atom. The van der Waals surface area contributed by atoms with Crippen molar-refractivity contribution in [1.82, 2.24) is 0 Å². The van der Waals surface area contributed by atoms with Crippen molar-refractivity contribution in [3.63, 3.8) is 0 Å². The highest BCUT2D eigenvalue weighted by molar-refractivity contribution is 5.83. The number of Topliss-reactive ketones (excluding diaryl/α,β-unsaturated/α-hetero) is 1. The second-order valence-corrected chi connectivity index (χ2v) is 8.31. The molecule has 0 atom stereocenters. The lowest BCUT2D eigenvalue weighted by Gasteiger charge is -2.13. The summed E-state index contributed by atoms with van der Waals surface area (Å²) < 4.78 is 0. The molecule has 0 bridgehead atoms. The van der Waals surface area contributed by atoms with Crippen molar-refractivity contribution < 1.29 is 25.2 Å². The van der Waals surface area contributed by atoms with Crippen molar-refractivity contribution in [2.45, 2.75) is 38.5 Å². The Hall–Kier alpha value is -4.25. The second kappa shape index (κ2) is 13.6. The number of allylic oxidation sites excluding steroid dienone is 6. The van der Waals surface area contributed by atoms with Crippen molar-refractivity contribution in [2.24, 2.45) is 0 Å². The summed E-state index contributed by atoms with van der Waals surface area (Å²) in [5.41, 5.74) is 3.04. The van der Waals surface area contributed by atoms with Crippen molar-refractivity contribution in [3.8, 4) is 23.0 Å². The van der Waals surface area contributed by atoms with Crippen LogP contribution >= 0.6 is 0 Å². The van der Waals surface area contributed by atoms with Crippen LogP contribution in [0.3, 0.4) is 0 Å². The average Bonchev–Trinajstić information content (AvgIpc) is 2.84. The summed E-state index contributed by atoms with van der Waals surface area (Å²) in [5.74, 6) is 0.0937. The highest BCUT2D eigenvalue weighted by Gasteiger charge is 2.15. The first kappa shape index (κ1) is 28.0. The molecule has 0 unspecified atom stereocenters. The summed E-state index contributed by atoms with van der Waals surface area (Å²) in [5, 5.41) is 42.1. The molecule has 0 heterocycles. The molecule has 2 aromatic carbocycles. The number of carbonyl (C=O) groups is 1. The molecule has 0 aliphatic heterocycles. The molecule has 0 aromatic heterocycles. The minimum absolute atomic E-state index is 0.0394. The van der Waals surface area contributed by atoms with Gasteiger partial charge >= 0.3 is 0 Å². The van der Waals surface area contributed by atoms with Crippen LogP contribution in [0.1, 0.15) is 46.2 Å². The van der Waals surface area contributed by atoms with Gasteiger partial charge in [0.05, 0.1) is 0 Å². The van der Waals surface area contributed by atoms with E-state index in [-0.39, 0.29) is 41.6 Å². The fourth-order valence-corrected chi connectivity index (χ4v) is 3.95. The van der Waals surface area contributed by atoms with Gasteiger partial charge in [0.15, 0.2) is 0 Å². The maximum Gasteiger partial charge on any atom is 0.140 e. The number of aromatic hydroxyl groups is 4. The van der Waals surface area contributed by atoms with Gasteiger partial charge < -0.3 is 20.4 Å². The van der Waals surface area contributed by atoms with Gasteiger partial charge in [0.1, 0.15) is 28.8 Å². The van der Waals surface area contributed by atoms with Crippen LogP contribution in [0.25, 0.3) is 12.2 Å². The Labute approximate surface area is 213 Å². The van der Waals surface area contributed by atoms with Crippen LogP contribution in [-0.4, -0.2) is 26.2 Å². The molecule has 36 heavy (non-hydrogen) atoms. The fourth-order valence-electron chi connectivity index (χ4n) is 3.95. The van der Waals surface area contributed by atoms with E-state index < -0.39 is 0 Å². The Kier molecular flexibility index (Phi) is 10.6. The predicted octanol–water partition coefficient (Wildman–Crippen LogP) is 6.50. The first-order valence-corrected chi connectivity index (χ1v) is 11.7. The number of ketones is 1. The number of benzene rings is 2. The molecule has 5 nitrogen and oxygen atoms in total. The summed E-state index contributed by atoms with van der Waals surface area (Å²) in [6.07, 6.45) is 14.8. The maximum absolute atomic E-state index is 12.5. The molecule has 4 N–H and O–H groups in total. The molecule has 0 amide bonds. The number of hydrogen-bond donors (Lipinski definition) is 4. The largest absolute Gasteiger partial charge is 0.508 e. The van der Waals surface area contributed by atoms with E-state index in [0.29, 0.717) is 59.1 Å². The van der Waals surface area contributed by atoms with Gasteiger partial charge in [-0.1, -0.05) is 48.6 Å². The van der Waals surface area contributed by atoms with Crippen LogP contribution in [0.2, 0.25) is 0 Å². The molecular formula is C31H34O5. The van der Waals surface area contributed by atoms with E-state index in [1.807, 2.05) is 0 Å². The van der Waals surface area contributed by atoms with E-state index in [9.17, 15) is 25.2 Å². The van der Waals surface area contributed by atoms with Crippen LogP contribution in [0, 0.1) is 0 Å². The molecule has 0 saturated heterocycles. The second-order valence-electron chi connectivity index (χ2n) is 8.31. The summed E-state index contributed by atoms with van der Waals surface area (Å²) in [7, 11) is 0. The van der Waals surface area contributed by atoms with E-state index in [1.165, 1.54) is 12.1 Å². The molecule has 0 spiro atoms. The number of phenols is 4. The van der Waals surface area contributed by atoms with Gasteiger partial charge in [0.2, 0.25) is 0 Å². The number of hydrogen-bond acceptors (Lipinski definition) is 5. The van der Waals surface area contributed by atoms with E-state index in [0.717, 1.165) is 0 Å². The predicted molar refractivity (Wildman–Crippen MR) is 147 cm³/mol. The normalized spacial score (nSPS) is 11.1. The molecule has 188 valence electrons. The SMILES string of the molecule is C=CCc1cc(O)c(CC=C)c(C=CCC(=O)CC=Cc2c(O)c(CC=C)cc(O)c2CC=C)c1O. The summed E-state index contributed by atoms with van der Waals surface area (Å²) in [6, 6.07) is 3.03. The van der Waals surface area contributed by atoms with Gasteiger partial charge in [-0.05, 0) is 37.8 Å². The minimum atomic E-state index is -0.0880. The number of phenolic OH excluding ortho intramolecular Hbond substituents is 4. The standard InChI is InChI=1S/C31H34O5/c1-5-11-21-19-28(33)24(13-7-3)26(30(21)35)17-9-15-23(32)16-10-18-27-25(14-8-4)29(34)20-22(12-6-2)31(27)36/h5-10,17-20,33-36H,1-4,11-16H2. The van der Waals surface area contributed by atoms with Crippen molar-refractivity contribution in [2.75, 3.05) is 0 Å². The Balaban J connectivity index is 2.22. The zero-order valence-electron chi connectivity index (χ0n) is 20.5. The molecular weight excluding hydrogens is 452 g/mol. The molecule has 0 aliphatic rings. The molecule has 2 rings (SSSR count). The van der Waals surface area contributed by atoms with Crippen LogP contribution < -0.4 is 0 Å². The highest BCUT2D eigenvalue weighted by Crippen LogP contribution is 2.36. The van der Waals surface area contributed by atoms with E-state index >= 15 is 0 Å². The molecule has 0 saturated carbocycles. The van der Waals surface area contributed by atoms with Gasteiger partial charge in [0.25, 0.3) is 0 Å². The molecule has 0 radical (unpaired) electrons. The summed E-state index contributed by atoms with van der Waals surface area (Å²) >= 11 is 0. The first-order chi connectivity index (χ1) is 17.3. The Bertz CT molecular complexity index is 1120. The van der Waals surface area contributed by atoms with Gasteiger partial charge in [-0.25, -0.2) is 0 Å². The van der Waals surface area contributed by atoms with Gasteiger partial charge in [0, 0.05) is 46.2 Å². The Morgan fingerprint density at radius 3 is 1.33 bits per heavy atom. The zero-order chi connectivity index (χ0) is 26.7. The third-order valence-electron chi connectivity index (χ3n) is 5.69. The van der Waals surface area contributed by atoms with E-state index in [4.69, 9.17) is 0 Å². The molecule has 2 aromatic rings. The number of carbonyl (C=O) groups excluding carboxylic acids is 1. The molecule has 5 heteroatoms. The van der Waals surface area contributed by atoms with Crippen molar-refractivity contribution >= 4 is 17.9 Å². The Morgan fingerprint density at radius 1 is 0.639 bits per heavy atom. The van der Waals surface area contributed by atoms with Crippen LogP contribution in [0.4, 0.5) is 0 Å². The van der Waals surface area contributed by atoms with Crippen molar-refractivity contribution in [1.29, 1.82) is 0 Å². The van der Waals surface area contributed by atoms with Crippen LogP contribution in [-0.2, 0) is 30.5 Å². The lowest BCUT2D eigenvalue weighted by atomic mass is 9.95. The lowest BCUT2D eigenvalue weighted by Crippen LogP contribution is -1.96. The van der Waals surface area contributed by atoms with Gasteiger partial charge in [-0.2, -0.15) is 0 Å². The zero-order valence-corrected chi connectivity index (χ0v) is 20.5. The minimum Gasteiger partial charge on any atom is -0.508 e. The summed E-state index contributed by atoms with van der Waals surface area (Å²) in [6.45, 7) is 14.7. The third-order valence-corrected chi connectivity index (χ3v) is 5.69. The summed E-state index contributed by atoms with van der Waals surface area (Å²) in [4.78, 5) is 12.5. The maximum atomic E-state index is 12.5. The highest BCUT2D eigenvalue weighted by atomic mass is 16.3. The average molecular weight is 487 g/mol. The quantitative estimate of drug-likeness (QED) is 0.181. The van der Waals surface area contributed by atoms with Crippen LogP contribution in [0.15, 0.2) is 74.9 Å². The van der Waals surface area contributed by atoms with Crippen molar-refractivity contribution in [3.05, 3.63) is 108 Å². The lowest BCUT2D eigenvalue weighted by molar-refractivity contribution is -0.117. The topological polar surface area (TPSA) is 98.0 Å². The van der Waals surface area contributed by atoms with Crippen LogP contribution in [0.5, 0.6) is 23.0 Å². The van der Waals surface area contributed by atoms with E-state index in [1.54, 1.807) is 48.6 Å². The molecule has 0 aliphatic carbocycles.